The standard InChI is InChI=1S/C20H16BrF2N3O3.C2H6/c1-11-3-4-12(19(27)24-2)7-16(11)26-20(28)18(21)17(9-25-26)29-10-13-5-6-14(22)8-15(13)23;1-2/h3-9H,10H2,1-2H3,(H,24,27);1-2H3. The number of carbonyl (C=O) groups is 1. The first-order chi connectivity index (χ1) is 14.8. The minimum atomic E-state index is -0.746. The zero-order chi connectivity index (χ0) is 23.1. The van der Waals surface area contributed by atoms with E-state index in [1.54, 1.807) is 25.1 Å². The molecular weight excluding hydrogens is 472 g/mol. The van der Waals surface area contributed by atoms with Crippen molar-refractivity contribution in [2.75, 3.05) is 7.05 Å². The van der Waals surface area contributed by atoms with Crippen molar-refractivity contribution in [3.63, 3.8) is 0 Å². The molecule has 0 saturated carbocycles. The van der Waals surface area contributed by atoms with Crippen molar-refractivity contribution < 1.29 is 18.3 Å². The predicted octanol–water partition coefficient (Wildman–Crippen LogP) is 4.55. The number of halogens is 3. The molecule has 6 nitrogen and oxygen atoms in total. The average molecular weight is 494 g/mol. The first-order valence-electron chi connectivity index (χ1n) is 9.49. The third-order valence-corrected chi connectivity index (χ3v) is 4.94. The summed E-state index contributed by atoms with van der Waals surface area (Å²) in [6.07, 6.45) is 1.30. The second kappa shape index (κ2) is 10.8. The van der Waals surface area contributed by atoms with Crippen LogP contribution in [0.5, 0.6) is 5.75 Å². The van der Waals surface area contributed by atoms with E-state index in [4.69, 9.17) is 4.74 Å². The summed E-state index contributed by atoms with van der Waals surface area (Å²) < 4.78 is 33.4. The number of carbonyl (C=O) groups excluding carboxylic acids is 1. The lowest BCUT2D eigenvalue weighted by atomic mass is 10.1. The number of aromatic nitrogens is 2. The molecule has 3 rings (SSSR count). The van der Waals surface area contributed by atoms with E-state index in [1.165, 1.54) is 19.3 Å². The summed E-state index contributed by atoms with van der Waals surface area (Å²) in [5.41, 5.74) is 1.18. The SMILES string of the molecule is CC.CNC(=O)c1ccc(C)c(-n2ncc(OCc3ccc(F)cc3F)c(Br)c2=O)c1. The Kier molecular flexibility index (Phi) is 8.44. The van der Waals surface area contributed by atoms with E-state index in [0.717, 1.165) is 22.4 Å². The molecular formula is C22H22BrF2N3O3. The number of hydrogen-bond acceptors (Lipinski definition) is 4. The van der Waals surface area contributed by atoms with Crippen LogP contribution in [0.15, 0.2) is 51.9 Å². The van der Waals surface area contributed by atoms with Crippen molar-refractivity contribution in [2.24, 2.45) is 0 Å². The Bertz CT molecular complexity index is 1150. The Morgan fingerprint density at radius 3 is 2.55 bits per heavy atom. The van der Waals surface area contributed by atoms with Crippen molar-refractivity contribution in [1.82, 2.24) is 15.1 Å². The molecule has 3 aromatic rings. The van der Waals surface area contributed by atoms with Crippen LogP contribution in [0.4, 0.5) is 8.78 Å². The Morgan fingerprint density at radius 1 is 1.19 bits per heavy atom. The molecule has 1 aromatic heterocycles. The minimum Gasteiger partial charge on any atom is -0.486 e. The highest BCUT2D eigenvalue weighted by atomic mass is 79.9. The number of ether oxygens (including phenoxy) is 1. The lowest BCUT2D eigenvalue weighted by molar-refractivity contribution is 0.0963. The predicted molar refractivity (Wildman–Crippen MR) is 118 cm³/mol. The molecule has 0 aliphatic heterocycles. The third kappa shape index (κ3) is 5.55. The fourth-order valence-corrected chi connectivity index (χ4v) is 2.99. The number of hydrogen-bond donors (Lipinski definition) is 1. The van der Waals surface area contributed by atoms with Gasteiger partial charge >= 0.3 is 0 Å². The fraction of sp³-hybridized carbons (Fsp3) is 0.227. The van der Waals surface area contributed by atoms with Gasteiger partial charge in [0.2, 0.25) is 0 Å². The van der Waals surface area contributed by atoms with Crippen LogP contribution in [0, 0.1) is 18.6 Å². The summed E-state index contributed by atoms with van der Waals surface area (Å²) >= 11 is 3.19. The molecule has 0 radical (unpaired) electrons. The number of aryl methyl sites for hydroxylation is 1. The van der Waals surface area contributed by atoms with E-state index in [2.05, 4.69) is 26.3 Å². The normalized spacial score (nSPS) is 10.2. The average Bonchev–Trinajstić information content (AvgIpc) is 2.77. The van der Waals surface area contributed by atoms with E-state index in [1.807, 2.05) is 13.8 Å². The second-order valence-electron chi connectivity index (χ2n) is 6.14. The number of rotatable bonds is 5. The van der Waals surface area contributed by atoms with Crippen LogP contribution in [-0.2, 0) is 6.61 Å². The molecule has 2 aromatic carbocycles. The van der Waals surface area contributed by atoms with Gasteiger partial charge in [-0.2, -0.15) is 9.78 Å². The summed E-state index contributed by atoms with van der Waals surface area (Å²) in [4.78, 5) is 24.6. The molecule has 0 atom stereocenters. The van der Waals surface area contributed by atoms with E-state index in [-0.39, 0.29) is 28.3 Å². The Labute approximate surface area is 187 Å². The number of nitrogens with zero attached hydrogens (tertiary/aromatic N) is 2. The van der Waals surface area contributed by atoms with Crippen LogP contribution in [0.3, 0.4) is 0 Å². The summed E-state index contributed by atoms with van der Waals surface area (Å²) in [6.45, 7) is 5.58. The number of nitrogens with one attached hydrogen (secondary N) is 1. The number of amides is 1. The highest BCUT2D eigenvalue weighted by Gasteiger charge is 2.15. The van der Waals surface area contributed by atoms with Gasteiger partial charge in [0.15, 0.2) is 5.75 Å². The van der Waals surface area contributed by atoms with E-state index in [0.29, 0.717) is 11.3 Å². The first kappa shape index (κ1) is 24.2. The zero-order valence-electron chi connectivity index (χ0n) is 17.5. The fourth-order valence-electron chi connectivity index (χ4n) is 2.61. The Morgan fingerprint density at radius 2 is 1.90 bits per heavy atom. The Balaban J connectivity index is 0.00000166. The van der Waals surface area contributed by atoms with Gasteiger partial charge in [0.25, 0.3) is 11.5 Å². The van der Waals surface area contributed by atoms with E-state index >= 15 is 0 Å². The van der Waals surface area contributed by atoms with Gasteiger partial charge in [0.1, 0.15) is 22.7 Å². The lowest BCUT2D eigenvalue weighted by Gasteiger charge is -2.13. The van der Waals surface area contributed by atoms with Gasteiger partial charge < -0.3 is 10.1 Å². The van der Waals surface area contributed by atoms with Crippen LogP contribution in [-0.4, -0.2) is 22.7 Å². The van der Waals surface area contributed by atoms with Gasteiger partial charge in [-0.25, -0.2) is 8.78 Å². The van der Waals surface area contributed by atoms with Gasteiger partial charge in [-0.15, -0.1) is 0 Å². The minimum absolute atomic E-state index is 0.0831. The first-order valence-corrected chi connectivity index (χ1v) is 10.3. The van der Waals surface area contributed by atoms with E-state index < -0.39 is 17.2 Å². The quantitative estimate of drug-likeness (QED) is 0.565. The maximum atomic E-state index is 13.7. The maximum Gasteiger partial charge on any atom is 0.289 e. The van der Waals surface area contributed by atoms with Gasteiger partial charge in [-0.1, -0.05) is 19.9 Å². The molecule has 0 saturated heterocycles. The van der Waals surface area contributed by atoms with Gasteiger partial charge in [-0.05, 0) is 52.7 Å². The molecule has 31 heavy (non-hydrogen) atoms. The number of benzene rings is 2. The largest absolute Gasteiger partial charge is 0.486 e. The molecule has 0 bridgehead atoms. The van der Waals surface area contributed by atoms with Crippen molar-refractivity contribution in [2.45, 2.75) is 27.4 Å². The summed E-state index contributed by atoms with van der Waals surface area (Å²) in [6, 6.07) is 8.06. The molecule has 0 aliphatic carbocycles. The zero-order valence-corrected chi connectivity index (χ0v) is 19.1. The van der Waals surface area contributed by atoms with E-state index in [9.17, 15) is 18.4 Å². The molecule has 0 aliphatic rings. The monoisotopic (exact) mass is 493 g/mol. The molecule has 0 spiro atoms. The van der Waals surface area contributed by atoms with Crippen LogP contribution >= 0.6 is 15.9 Å². The van der Waals surface area contributed by atoms with Crippen LogP contribution in [0.2, 0.25) is 0 Å². The van der Waals surface area contributed by atoms with Gasteiger partial charge in [0, 0.05) is 24.2 Å². The Hall–Kier alpha value is -3.07. The highest BCUT2D eigenvalue weighted by molar-refractivity contribution is 9.10. The molecule has 0 fully saturated rings. The molecule has 1 amide bonds. The van der Waals surface area contributed by atoms with Crippen LogP contribution < -0.4 is 15.6 Å². The summed E-state index contributed by atoms with van der Waals surface area (Å²) in [7, 11) is 1.51. The van der Waals surface area contributed by atoms with Gasteiger partial charge in [-0.3, -0.25) is 9.59 Å². The van der Waals surface area contributed by atoms with Crippen molar-refractivity contribution in [3.05, 3.63) is 85.7 Å². The summed E-state index contributed by atoms with van der Waals surface area (Å²) in [5.74, 6) is -1.62. The molecule has 1 N–H and O–H groups in total. The second-order valence-corrected chi connectivity index (χ2v) is 6.94. The van der Waals surface area contributed by atoms with Crippen LogP contribution in [0.1, 0.15) is 35.3 Å². The maximum absolute atomic E-state index is 13.7. The third-order valence-electron chi connectivity index (χ3n) is 4.21. The van der Waals surface area contributed by atoms with Crippen LogP contribution in [0.25, 0.3) is 5.69 Å². The molecule has 164 valence electrons. The topological polar surface area (TPSA) is 73.2 Å². The highest BCUT2D eigenvalue weighted by Crippen LogP contribution is 2.23. The molecule has 0 unspecified atom stereocenters. The van der Waals surface area contributed by atoms with Crippen molar-refractivity contribution >= 4 is 21.8 Å². The van der Waals surface area contributed by atoms with Crippen molar-refractivity contribution in [1.29, 1.82) is 0 Å². The molecule has 9 heteroatoms. The summed E-state index contributed by atoms with van der Waals surface area (Å²) in [5, 5.41) is 6.63. The smallest absolute Gasteiger partial charge is 0.289 e. The molecule has 1 heterocycles. The van der Waals surface area contributed by atoms with Crippen molar-refractivity contribution in [3.8, 4) is 11.4 Å². The lowest BCUT2D eigenvalue weighted by Crippen LogP contribution is -2.24. The van der Waals surface area contributed by atoms with Gasteiger partial charge in [0.05, 0.1) is 11.9 Å².